The molecule has 1 fully saturated rings. The van der Waals surface area contributed by atoms with Crippen molar-refractivity contribution in [2.24, 2.45) is 0 Å². The van der Waals surface area contributed by atoms with E-state index in [1.807, 2.05) is 0 Å². The Morgan fingerprint density at radius 2 is 1.96 bits per heavy atom. The maximum atomic E-state index is 13.1. The molecule has 0 amide bonds. The van der Waals surface area contributed by atoms with Crippen LogP contribution in [0.3, 0.4) is 0 Å². The number of nitrogens with zero attached hydrogens (tertiary/aromatic N) is 3. The van der Waals surface area contributed by atoms with Gasteiger partial charge in [0.05, 0.1) is 5.56 Å². The molecular weight excluding hydrogens is 328 g/mol. The molecule has 1 saturated carbocycles. The van der Waals surface area contributed by atoms with Crippen molar-refractivity contribution in [1.82, 2.24) is 14.5 Å². The summed E-state index contributed by atoms with van der Waals surface area (Å²) in [5.74, 6) is 0. The lowest BCUT2D eigenvalue weighted by Gasteiger charge is -2.17. The topological polar surface area (TPSA) is 81.9 Å². The minimum Gasteiger partial charge on any atom is -0.289 e. The quantitative estimate of drug-likeness (QED) is 0.798. The van der Waals surface area contributed by atoms with Gasteiger partial charge in [0.25, 0.3) is 12.0 Å². The van der Waals surface area contributed by atoms with Crippen molar-refractivity contribution in [3.63, 3.8) is 0 Å². The van der Waals surface area contributed by atoms with Crippen molar-refractivity contribution in [1.29, 1.82) is 0 Å². The molecule has 0 N–H and O–H groups in total. The zero-order valence-corrected chi connectivity index (χ0v) is 13.2. The van der Waals surface area contributed by atoms with Crippen LogP contribution in [0, 0.1) is 0 Å². The van der Waals surface area contributed by atoms with Crippen LogP contribution >= 0.6 is 0 Å². The van der Waals surface area contributed by atoms with E-state index in [2.05, 4.69) is 9.97 Å². The molecule has 0 radical (unpaired) electrons. The van der Waals surface area contributed by atoms with Crippen LogP contribution in [0.2, 0.25) is 0 Å². The Morgan fingerprint density at radius 1 is 1.30 bits per heavy atom. The molecular formula is C14H15F2N3O3S. The van der Waals surface area contributed by atoms with E-state index in [0.29, 0.717) is 12.8 Å². The average molecular weight is 343 g/mol. The number of fused-ring (bicyclic) bond motifs is 1. The highest BCUT2D eigenvalue weighted by atomic mass is 32.2. The molecule has 0 saturated heterocycles. The molecule has 2 aromatic heterocycles. The first-order chi connectivity index (χ1) is 10.8. The van der Waals surface area contributed by atoms with Crippen LogP contribution in [0.25, 0.3) is 11.0 Å². The average Bonchev–Trinajstić information content (AvgIpc) is 2.98. The summed E-state index contributed by atoms with van der Waals surface area (Å²) in [5, 5.41) is -0.180. The molecule has 23 heavy (non-hydrogen) atoms. The highest BCUT2D eigenvalue weighted by Crippen LogP contribution is 2.31. The summed E-state index contributed by atoms with van der Waals surface area (Å²) < 4.78 is 50.8. The standard InChI is InChI=1S/C14H15F2N3O3S/c1-23(21,22)14-17-7-8-6-10(11(15)16)13(20)19(12(8)18-14)9-4-2-3-5-9/h6-7,9,11H,2-5H2,1H3. The smallest absolute Gasteiger partial charge is 0.269 e. The van der Waals surface area contributed by atoms with Crippen LogP contribution in [0.4, 0.5) is 8.78 Å². The first-order valence-corrected chi connectivity index (χ1v) is 9.08. The Labute approximate surface area is 131 Å². The van der Waals surface area contributed by atoms with Crippen molar-refractivity contribution < 1.29 is 17.2 Å². The molecule has 9 heteroatoms. The van der Waals surface area contributed by atoms with Gasteiger partial charge in [0.2, 0.25) is 15.0 Å². The third kappa shape index (κ3) is 2.85. The van der Waals surface area contributed by atoms with E-state index in [0.717, 1.165) is 25.2 Å². The van der Waals surface area contributed by atoms with E-state index in [1.165, 1.54) is 10.8 Å². The van der Waals surface area contributed by atoms with Crippen molar-refractivity contribution in [2.45, 2.75) is 43.3 Å². The molecule has 124 valence electrons. The predicted octanol–water partition coefficient (Wildman–Crippen LogP) is 2.25. The molecule has 3 rings (SSSR count). The number of halogens is 2. The maximum Gasteiger partial charge on any atom is 0.269 e. The lowest BCUT2D eigenvalue weighted by Crippen LogP contribution is -2.28. The fraction of sp³-hybridized carbons (Fsp3) is 0.500. The first-order valence-electron chi connectivity index (χ1n) is 7.19. The number of aromatic nitrogens is 3. The van der Waals surface area contributed by atoms with Crippen LogP contribution in [-0.4, -0.2) is 29.2 Å². The van der Waals surface area contributed by atoms with Gasteiger partial charge in [-0.25, -0.2) is 22.2 Å². The molecule has 0 atom stereocenters. The fourth-order valence-electron chi connectivity index (χ4n) is 2.96. The second kappa shape index (κ2) is 5.63. The molecule has 0 bridgehead atoms. The van der Waals surface area contributed by atoms with E-state index >= 15 is 0 Å². The van der Waals surface area contributed by atoms with Crippen molar-refractivity contribution in [2.75, 3.05) is 6.26 Å². The molecule has 2 aromatic rings. The van der Waals surface area contributed by atoms with Crippen molar-refractivity contribution in [3.05, 3.63) is 28.2 Å². The van der Waals surface area contributed by atoms with Crippen LogP contribution in [0.5, 0.6) is 0 Å². The molecule has 1 aliphatic carbocycles. The Bertz CT molecular complexity index is 919. The number of pyridine rings is 1. The number of hydrogen-bond acceptors (Lipinski definition) is 5. The lowest BCUT2D eigenvalue weighted by molar-refractivity contribution is 0.149. The van der Waals surface area contributed by atoms with Crippen LogP contribution in [-0.2, 0) is 9.84 Å². The zero-order chi connectivity index (χ0) is 16.8. The fourth-order valence-corrected chi connectivity index (χ4v) is 3.46. The normalized spacial score (nSPS) is 16.5. The number of sulfone groups is 1. The van der Waals surface area contributed by atoms with Gasteiger partial charge in [-0.05, 0) is 18.9 Å². The molecule has 0 aliphatic heterocycles. The van der Waals surface area contributed by atoms with Crippen molar-refractivity contribution in [3.8, 4) is 0 Å². The summed E-state index contributed by atoms with van der Waals surface area (Å²) in [6, 6.07) is 0.797. The maximum absolute atomic E-state index is 13.1. The second-order valence-electron chi connectivity index (χ2n) is 5.72. The number of alkyl halides is 2. The summed E-state index contributed by atoms with van der Waals surface area (Å²) in [7, 11) is -3.66. The van der Waals surface area contributed by atoms with Crippen molar-refractivity contribution >= 4 is 20.9 Å². The number of hydrogen-bond donors (Lipinski definition) is 0. The number of rotatable bonds is 3. The molecule has 0 spiro atoms. The molecule has 0 unspecified atom stereocenters. The third-order valence-corrected chi connectivity index (χ3v) is 4.90. The van der Waals surface area contributed by atoms with Gasteiger partial charge in [-0.3, -0.25) is 9.36 Å². The van der Waals surface area contributed by atoms with Gasteiger partial charge in [0, 0.05) is 23.9 Å². The highest BCUT2D eigenvalue weighted by Gasteiger charge is 2.26. The first kappa shape index (κ1) is 16.0. The molecule has 0 aromatic carbocycles. The molecule has 2 heterocycles. The Hall–Kier alpha value is -1.90. The van der Waals surface area contributed by atoms with E-state index in [4.69, 9.17) is 0 Å². The zero-order valence-electron chi connectivity index (χ0n) is 12.4. The third-order valence-electron chi connectivity index (χ3n) is 4.04. The minimum atomic E-state index is -3.66. The van der Waals surface area contributed by atoms with Gasteiger partial charge in [-0.1, -0.05) is 12.8 Å². The van der Waals surface area contributed by atoms with E-state index < -0.39 is 32.5 Å². The highest BCUT2D eigenvalue weighted by molar-refractivity contribution is 7.90. The van der Waals surface area contributed by atoms with Gasteiger partial charge in [0.1, 0.15) is 5.65 Å². The largest absolute Gasteiger partial charge is 0.289 e. The summed E-state index contributed by atoms with van der Waals surface area (Å²) in [6.45, 7) is 0. The van der Waals surface area contributed by atoms with Gasteiger partial charge < -0.3 is 0 Å². The van der Waals surface area contributed by atoms with Gasteiger partial charge in [-0.15, -0.1) is 0 Å². The summed E-state index contributed by atoms with van der Waals surface area (Å²) >= 11 is 0. The Morgan fingerprint density at radius 3 is 2.52 bits per heavy atom. The summed E-state index contributed by atoms with van der Waals surface area (Å²) in [4.78, 5) is 20.1. The SMILES string of the molecule is CS(=O)(=O)c1ncc2cc(C(F)F)c(=O)n(C3CCCC3)c2n1. The van der Waals surface area contributed by atoms with Crippen LogP contribution < -0.4 is 5.56 Å². The monoisotopic (exact) mass is 343 g/mol. The molecule has 1 aliphatic rings. The predicted molar refractivity (Wildman–Crippen MR) is 79.4 cm³/mol. The summed E-state index contributed by atoms with van der Waals surface area (Å²) in [5.41, 5.74) is -1.32. The lowest BCUT2D eigenvalue weighted by atomic mass is 10.1. The molecule has 6 nitrogen and oxygen atoms in total. The Balaban J connectivity index is 2.37. The van der Waals surface area contributed by atoms with E-state index in [1.54, 1.807) is 0 Å². The van der Waals surface area contributed by atoms with Crippen LogP contribution in [0.15, 0.2) is 22.2 Å². The van der Waals surface area contributed by atoms with Gasteiger partial charge in [-0.2, -0.15) is 4.98 Å². The van der Waals surface area contributed by atoms with E-state index in [-0.39, 0.29) is 17.1 Å². The van der Waals surface area contributed by atoms with E-state index in [9.17, 15) is 22.0 Å². The van der Waals surface area contributed by atoms with Crippen LogP contribution in [0.1, 0.15) is 43.7 Å². The van der Waals surface area contributed by atoms with Gasteiger partial charge >= 0.3 is 0 Å². The minimum absolute atomic E-state index is 0.0988. The second-order valence-corrected chi connectivity index (χ2v) is 7.63. The summed E-state index contributed by atoms with van der Waals surface area (Å²) in [6.07, 6.45) is 2.37. The van der Waals surface area contributed by atoms with Gasteiger partial charge in [0.15, 0.2) is 0 Å². The Kier molecular flexibility index (Phi) is 3.91.